The lowest BCUT2D eigenvalue weighted by atomic mass is 9.74. The number of amides is 1. The summed E-state index contributed by atoms with van der Waals surface area (Å²) >= 11 is 0. The monoisotopic (exact) mass is 318 g/mol. The van der Waals surface area contributed by atoms with E-state index in [1.54, 1.807) is 7.11 Å². The molecule has 4 heteroatoms. The number of hydrogen-bond donors (Lipinski definition) is 2. The Bertz CT molecular complexity index is 454. The molecule has 0 unspecified atom stereocenters. The van der Waals surface area contributed by atoms with Gasteiger partial charge in [0.2, 0.25) is 5.91 Å². The van der Waals surface area contributed by atoms with Crippen LogP contribution < -0.4 is 10.6 Å². The van der Waals surface area contributed by atoms with E-state index in [9.17, 15) is 4.79 Å². The molecule has 23 heavy (non-hydrogen) atoms. The molecule has 1 fully saturated rings. The smallest absolute Gasteiger partial charge is 0.233 e. The van der Waals surface area contributed by atoms with Gasteiger partial charge < -0.3 is 15.4 Å². The Hall–Kier alpha value is -1.39. The van der Waals surface area contributed by atoms with Crippen molar-refractivity contribution in [3.63, 3.8) is 0 Å². The summed E-state index contributed by atoms with van der Waals surface area (Å²) in [6.07, 6.45) is 7.43. The van der Waals surface area contributed by atoms with E-state index in [1.165, 1.54) is 31.2 Å². The third kappa shape index (κ3) is 5.63. The molecule has 2 N–H and O–H groups in total. The van der Waals surface area contributed by atoms with Crippen LogP contribution in [-0.2, 0) is 14.9 Å². The average Bonchev–Trinajstić information content (AvgIpc) is 2.84. The Morgan fingerprint density at radius 2 is 1.83 bits per heavy atom. The fraction of sp³-hybridized carbons (Fsp3) is 0.632. The minimum Gasteiger partial charge on any atom is -0.383 e. The number of benzene rings is 1. The van der Waals surface area contributed by atoms with Crippen LogP contribution in [0.25, 0.3) is 0 Å². The summed E-state index contributed by atoms with van der Waals surface area (Å²) in [4.78, 5) is 12.1. The highest BCUT2D eigenvalue weighted by molar-refractivity contribution is 5.78. The van der Waals surface area contributed by atoms with E-state index >= 15 is 0 Å². The molecule has 0 aromatic heterocycles. The number of hydrogen-bond acceptors (Lipinski definition) is 3. The van der Waals surface area contributed by atoms with Crippen LogP contribution in [0.3, 0.4) is 0 Å². The van der Waals surface area contributed by atoms with Crippen molar-refractivity contribution in [2.45, 2.75) is 43.9 Å². The zero-order valence-corrected chi connectivity index (χ0v) is 14.3. The minimum absolute atomic E-state index is 0.0701. The predicted octanol–water partition coefficient (Wildman–Crippen LogP) is 2.63. The van der Waals surface area contributed by atoms with Crippen molar-refractivity contribution in [1.82, 2.24) is 10.6 Å². The van der Waals surface area contributed by atoms with E-state index in [0.717, 1.165) is 19.4 Å². The maximum Gasteiger partial charge on any atom is 0.233 e. The Kier molecular flexibility index (Phi) is 7.56. The molecule has 0 atom stereocenters. The molecule has 1 aliphatic rings. The van der Waals surface area contributed by atoms with Gasteiger partial charge in [-0.1, -0.05) is 56.0 Å². The van der Waals surface area contributed by atoms with Crippen LogP contribution in [-0.4, -0.2) is 39.3 Å². The number of carbonyl (C=O) groups excluding carboxylic acids is 1. The Balaban J connectivity index is 1.94. The molecule has 1 saturated carbocycles. The number of carbonyl (C=O) groups is 1. The third-order valence-electron chi connectivity index (χ3n) is 4.84. The summed E-state index contributed by atoms with van der Waals surface area (Å²) in [6, 6.07) is 10.7. The lowest BCUT2D eigenvalue weighted by Gasteiger charge is -2.34. The fourth-order valence-electron chi connectivity index (χ4n) is 3.47. The molecule has 1 amide bonds. The third-order valence-corrected chi connectivity index (χ3v) is 4.84. The second kappa shape index (κ2) is 9.68. The Labute approximate surface area is 140 Å². The van der Waals surface area contributed by atoms with E-state index in [1.807, 2.05) is 0 Å². The van der Waals surface area contributed by atoms with Gasteiger partial charge in [-0.3, -0.25) is 4.79 Å². The van der Waals surface area contributed by atoms with E-state index in [-0.39, 0.29) is 11.3 Å². The summed E-state index contributed by atoms with van der Waals surface area (Å²) in [5.74, 6) is 0.0701. The van der Waals surface area contributed by atoms with Crippen LogP contribution in [0.4, 0.5) is 0 Å². The van der Waals surface area contributed by atoms with Crippen molar-refractivity contribution in [1.29, 1.82) is 0 Å². The second-order valence-corrected chi connectivity index (χ2v) is 6.51. The number of rotatable bonds is 8. The molecule has 0 bridgehead atoms. The summed E-state index contributed by atoms with van der Waals surface area (Å²) in [7, 11) is 1.66. The van der Waals surface area contributed by atoms with Gasteiger partial charge in [-0.2, -0.15) is 0 Å². The molecule has 1 aromatic carbocycles. The van der Waals surface area contributed by atoms with Crippen LogP contribution in [0.2, 0.25) is 0 Å². The number of methoxy groups -OCH3 is 1. The van der Waals surface area contributed by atoms with Gasteiger partial charge in [0.15, 0.2) is 0 Å². The van der Waals surface area contributed by atoms with Gasteiger partial charge in [0, 0.05) is 25.6 Å². The zero-order chi connectivity index (χ0) is 16.4. The molecule has 0 spiro atoms. The van der Waals surface area contributed by atoms with Gasteiger partial charge >= 0.3 is 0 Å². The molecule has 128 valence electrons. The maximum atomic E-state index is 12.1. The summed E-state index contributed by atoms with van der Waals surface area (Å²) < 4.78 is 4.97. The van der Waals surface area contributed by atoms with Crippen molar-refractivity contribution < 1.29 is 9.53 Å². The molecule has 0 heterocycles. The first kappa shape index (κ1) is 18.0. The molecule has 4 nitrogen and oxygen atoms in total. The second-order valence-electron chi connectivity index (χ2n) is 6.51. The molecular formula is C19H30N2O2. The maximum absolute atomic E-state index is 12.1. The van der Waals surface area contributed by atoms with Gasteiger partial charge in [0.1, 0.15) is 0 Å². The van der Waals surface area contributed by atoms with Crippen LogP contribution >= 0.6 is 0 Å². The summed E-state index contributed by atoms with van der Waals surface area (Å²) in [5, 5.41) is 6.26. The van der Waals surface area contributed by atoms with Crippen LogP contribution in [0.15, 0.2) is 30.3 Å². The molecule has 1 aliphatic carbocycles. The van der Waals surface area contributed by atoms with E-state index in [4.69, 9.17) is 4.74 Å². The first-order chi connectivity index (χ1) is 11.3. The van der Waals surface area contributed by atoms with Crippen LogP contribution in [0.1, 0.15) is 44.1 Å². The molecule has 0 radical (unpaired) electrons. The van der Waals surface area contributed by atoms with Gasteiger partial charge in [-0.15, -0.1) is 0 Å². The van der Waals surface area contributed by atoms with E-state index < -0.39 is 0 Å². The van der Waals surface area contributed by atoms with Gasteiger partial charge in [-0.05, 0) is 18.4 Å². The zero-order valence-electron chi connectivity index (χ0n) is 14.3. The molecule has 0 saturated heterocycles. The van der Waals surface area contributed by atoms with Crippen molar-refractivity contribution in [2.24, 2.45) is 0 Å². The highest BCUT2D eigenvalue weighted by atomic mass is 16.5. The number of nitrogens with one attached hydrogen (secondary N) is 2. The topological polar surface area (TPSA) is 50.4 Å². The highest BCUT2D eigenvalue weighted by Gasteiger charge is 2.32. The predicted molar refractivity (Wildman–Crippen MR) is 93.6 cm³/mol. The van der Waals surface area contributed by atoms with Gasteiger partial charge in [0.25, 0.3) is 0 Å². The lowest BCUT2D eigenvalue weighted by Crippen LogP contribution is -2.43. The molecular weight excluding hydrogens is 288 g/mol. The SMILES string of the molecule is COCCNCC(=O)NCC1(c2ccccc2)CCCCCC1. The minimum atomic E-state index is 0.0701. The van der Waals surface area contributed by atoms with E-state index in [2.05, 4.69) is 41.0 Å². The normalized spacial score (nSPS) is 17.4. The molecule has 0 aliphatic heterocycles. The van der Waals surface area contributed by atoms with Gasteiger partial charge in [-0.25, -0.2) is 0 Å². The first-order valence-electron chi connectivity index (χ1n) is 8.79. The standard InChI is InChI=1S/C19H30N2O2/c1-23-14-13-20-15-18(22)21-16-19(11-7-2-3-8-12-19)17-9-5-4-6-10-17/h4-6,9-10,20H,2-3,7-8,11-16H2,1H3,(H,21,22). The Morgan fingerprint density at radius 1 is 1.13 bits per heavy atom. The first-order valence-corrected chi connectivity index (χ1v) is 8.79. The van der Waals surface area contributed by atoms with Gasteiger partial charge in [0.05, 0.1) is 13.2 Å². The van der Waals surface area contributed by atoms with Crippen LogP contribution in [0, 0.1) is 0 Å². The van der Waals surface area contributed by atoms with Crippen molar-refractivity contribution >= 4 is 5.91 Å². The molecule has 1 aromatic rings. The molecule has 2 rings (SSSR count). The number of ether oxygens (including phenoxy) is 1. The average molecular weight is 318 g/mol. The fourth-order valence-corrected chi connectivity index (χ4v) is 3.47. The highest BCUT2D eigenvalue weighted by Crippen LogP contribution is 2.37. The van der Waals surface area contributed by atoms with Crippen molar-refractivity contribution in [2.75, 3.05) is 33.4 Å². The van der Waals surface area contributed by atoms with Crippen LogP contribution in [0.5, 0.6) is 0 Å². The largest absolute Gasteiger partial charge is 0.383 e. The summed E-state index contributed by atoms with van der Waals surface area (Å²) in [5.41, 5.74) is 1.47. The van der Waals surface area contributed by atoms with Crippen molar-refractivity contribution in [3.05, 3.63) is 35.9 Å². The quantitative estimate of drug-likeness (QED) is 0.572. The van der Waals surface area contributed by atoms with E-state index in [0.29, 0.717) is 19.7 Å². The summed E-state index contributed by atoms with van der Waals surface area (Å²) in [6.45, 7) is 2.42. The lowest BCUT2D eigenvalue weighted by molar-refractivity contribution is -0.120. The Morgan fingerprint density at radius 3 is 2.48 bits per heavy atom. The van der Waals surface area contributed by atoms with Crippen molar-refractivity contribution in [3.8, 4) is 0 Å².